The molecule has 1 N–H and O–H groups in total. The van der Waals surface area contributed by atoms with E-state index in [1.54, 1.807) is 0 Å². The summed E-state index contributed by atoms with van der Waals surface area (Å²) in [5, 5.41) is 9.21. The van der Waals surface area contributed by atoms with Crippen molar-refractivity contribution in [2.45, 2.75) is 47.5 Å². The highest BCUT2D eigenvalue weighted by Gasteiger charge is 2.25. The zero-order valence-corrected chi connectivity index (χ0v) is 11.8. The van der Waals surface area contributed by atoms with Crippen LogP contribution in [0.4, 0.5) is 0 Å². The SMILES string of the molecule is C=C(C)C(CC=C(C)C)CC(C(=O)O)C(C)C. The van der Waals surface area contributed by atoms with Crippen molar-refractivity contribution >= 4 is 5.97 Å². The summed E-state index contributed by atoms with van der Waals surface area (Å²) < 4.78 is 0. The second-order valence-electron chi connectivity index (χ2n) is 5.48. The van der Waals surface area contributed by atoms with Gasteiger partial charge in [0.2, 0.25) is 0 Å². The first-order valence-corrected chi connectivity index (χ1v) is 6.27. The van der Waals surface area contributed by atoms with Gasteiger partial charge in [-0.05, 0) is 45.4 Å². The minimum atomic E-state index is -0.691. The van der Waals surface area contributed by atoms with Crippen LogP contribution in [-0.2, 0) is 4.79 Å². The van der Waals surface area contributed by atoms with Crippen molar-refractivity contribution in [1.29, 1.82) is 0 Å². The standard InChI is InChI=1S/C15H26O2/c1-10(2)7-8-13(11(3)4)9-14(12(5)6)15(16)17/h7,12-14H,3,8-9H2,1-2,4-6H3,(H,16,17). The maximum absolute atomic E-state index is 11.2. The van der Waals surface area contributed by atoms with Gasteiger partial charge in [0, 0.05) is 0 Å². The molecular weight excluding hydrogens is 212 g/mol. The fraction of sp³-hybridized carbons (Fsp3) is 0.667. The van der Waals surface area contributed by atoms with E-state index in [4.69, 9.17) is 0 Å². The first-order valence-electron chi connectivity index (χ1n) is 6.27. The molecule has 98 valence electrons. The van der Waals surface area contributed by atoms with Crippen LogP contribution >= 0.6 is 0 Å². The van der Waals surface area contributed by atoms with Gasteiger partial charge in [0.25, 0.3) is 0 Å². The minimum Gasteiger partial charge on any atom is -0.481 e. The van der Waals surface area contributed by atoms with Gasteiger partial charge in [-0.2, -0.15) is 0 Å². The lowest BCUT2D eigenvalue weighted by atomic mass is 9.82. The molecule has 0 aromatic rings. The van der Waals surface area contributed by atoms with Gasteiger partial charge in [-0.1, -0.05) is 37.6 Å². The number of carboxylic acid groups (broad SMARTS) is 1. The molecular formula is C15H26O2. The summed E-state index contributed by atoms with van der Waals surface area (Å²) >= 11 is 0. The van der Waals surface area contributed by atoms with Gasteiger partial charge < -0.3 is 5.11 Å². The molecule has 0 aliphatic carbocycles. The number of rotatable bonds is 7. The number of allylic oxidation sites excluding steroid dienone is 3. The van der Waals surface area contributed by atoms with Crippen LogP contribution < -0.4 is 0 Å². The Morgan fingerprint density at radius 3 is 2.12 bits per heavy atom. The Kier molecular flexibility index (Phi) is 6.86. The molecule has 0 spiro atoms. The molecule has 0 aromatic heterocycles. The maximum atomic E-state index is 11.2. The number of carboxylic acids is 1. The van der Waals surface area contributed by atoms with E-state index in [1.807, 2.05) is 20.8 Å². The summed E-state index contributed by atoms with van der Waals surface area (Å²) in [6, 6.07) is 0. The highest BCUT2D eigenvalue weighted by Crippen LogP contribution is 2.27. The van der Waals surface area contributed by atoms with E-state index < -0.39 is 5.97 Å². The average molecular weight is 238 g/mol. The normalized spacial score (nSPS) is 14.2. The lowest BCUT2D eigenvalue weighted by molar-refractivity contribution is -0.143. The van der Waals surface area contributed by atoms with Crippen LogP contribution in [0.15, 0.2) is 23.8 Å². The van der Waals surface area contributed by atoms with Crippen LogP contribution in [0.2, 0.25) is 0 Å². The Bertz CT molecular complexity index is 296. The highest BCUT2D eigenvalue weighted by molar-refractivity contribution is 5.70. The molecule has 2 atom stereocenters. The number of hydrogen-bond acceptors (Lipinski definition) is 1. The van der Waals surface area contributed by atoms with Gasteiger partial charge >= 0.3 is 5.97 Å². The Hall–Kier alpha value is -1.05. The smallest absolute Gasteiger partial charge is 0.306 e. The largest absolute Gasteiger partial charge is 0.481 e. The highest BCUT2D eigenvalue weighted by atomic mass is 16.4. The van der Waals surface area contributed by atoms with E-state index in [9.17, 15) is 9.90 Å². The molecule has 0 aromatic carbocycles. The summed E-state index contributed by atoms with van der Waals surface area (Å²) in [5.74, 6) is -0.528. The van der Waals surface area contributed by atoms with E-state index in [-0.39, 0.29) is 17.8 Å². The fourth-order valence-electron chi connectivity index (χ4n) is 1.84. The predicted octanol–water partition coefficient (Wildman–Crippen LogP) is 4.28. The van der Waals surface area contributed by atoms with Crippen LogP contribution in [0.25, 0.3) is 0 Å². The Labute approximate surface area is 105 Å². The molecule has 0 amide bonds. The zero-order valence-electron chi connectivity index (χ0n) is 11.8. The summed E-state index contributed by atoms with van der Waals surface area (Å²) in [6.07, 6.45) is 3.75. The summed E-state index contributed by atoms with van der Waals surface area (Å²) in [4.78, 5) is 11.2. The van der Waals surface area contributed by atoms with Gasteiger partial charge in [-0.15, -0.1) is 0 Å². The van der Waals surface area contributed by atoms with Crippen molar-refractivity contribution in [3.05, 3.63) is 23.8 Å². The quantitative estimate of drug-likeness (QED) is 0.672. The molecule has 2 heteroatoms. The van der Waals surface area contributed by atoms with Crippen LogP contribution in [0, 0.1) is 17.8 Å². The van der Waals surface area contributed by atoms with Crippen LogP contribution in [0.1, 0.15) is 47.5 Å². The summed E-state index contributed by atoms with van der Waals surface area (Å²) in [6.45, 7) is 14.0. The van der Waals surface area contributed by atoms with E-state index in [2.05, 4.69) is 26.5 Å². The van der Waals surface area contributed by atoms with Gasteiger partial charge in [0.05, 0.1) is 5.92 Å². The first kappa shape index (κ1) is 16.0. The molecule has 0 radical (unpaired) electrons. The molecule has 0 heterocycles. The summed E-state index contributed by atoms with van der Waals surface area (Å²) in [7, 11) is 0. The molecule has 0 rings (SSSR count). The predicted molar refractivity (Wildman–Crippen MR) is 72.9 cm³/mol. The van der Waals surface area contributed by atoms with Crippen molar-refractivity contribution in [1.82, 2.24) is 0 Å². The van der Waals surface area contributed by atoms with Crippen molar-refractivity contribution in [3.63, 3.8) is 0 Å². The van der Waals surface area contributed by atoms with E-state index >= 15 is 0 Å². The van der Waals surface area contributed by atoms with E-state index in [0.717, 1.165) is 12.0 Å². The zero-order chi connectivity index (χ0) is 13.6. The van der Waals surface area contributed by atoms with Crippen LogP contribution in [0.3, 0.4) is 0 Å². The Balaban J connectivity index is 4.68. The maximum Gasteiger partial charge on any atom is 0.306 e. The van der Waals surface area contributed by atoms with Gasteiger partial charge in [0.15, 0.2) is 0 Å². The van der Waals surface area contributed by atoms with Gasteiger partial charge in [0.1, 0.15) is 0 Å². The van der Waals surface area contributed by atoms with E-state index in [1.165, 1.54) is 5.57 Å². The Morgan fingerprint density at radius 1 is 1.29 bits per heavy atom. The molecule has 0 fully saturated rings. The third kappa shape index (κ3) is 6.30. The van der Waals surface area contributed by atoms with Gasteiger partial charge in [-0.25, -0.2) is 0 Å². The Morgan fingerprint density at radius 2 is 1.82 bits per heavy atom. The molecule has 0 aliphatic heterocycles. The minimum absolute atomic E-state index is 0.168. The molecule has 2 unspecified atom stereocenters. The monoisotopic (exact) mass is 238 g/mol. The molecule has 0 saturated carbocycles. The van der Waals surface area contributed by atoms with Crippen molar-refractivity contribution in [3.8, 4) is 0 Å². The van der Waals surface area contributed by atoms with Crippen molar-refractivity contribution in [2.24, 2.45) is 17.8 Å². The lowest BCUT2D eigenvalue weighted by Crippen LogP contribution is -2.23. The third-order valence-corrected chi connectivity index (χ3v) is 3.17. The second-order valence-corrected chi connectivity index (χ2v) is 5.48. The number of hydrogen-bond donors (Lipinski definition) is 1. The summed E-state index contributed by atoms with van der Waals surface area (Å²) in [5.41, 5.74) is 2.35. The third-order valence-electron chi connectivity index (χ3n) is 3.17. The number of aliphatic carboxylic acids is 1. The first-order chi connectivity index (χ1) is 7.75. The molecule has 2 nitrogen and oxygen atoms in total. The van der Waals surface area contributed by atoms with Crippen LogP contribution in [-0.4, -0.2) is 11.1 Å². The van der Waals surface area contributed by atoms with Crippen molar-refractivity contribution in [2.75, 3.05) is 0 Å². The molecule has 0 saturated heterocycles. The van der Waals surface area contributed by atoms with Crippen LogP contribution in [0.5, 0.6) is 0 Å². The average Bonchev–Trinajstić information content (AvgIpc) is 2.15. The van der Waals surface area contributed by atoms with Crippen molar-refractivity contribution < 1.29 is 9.90 Å². The molecule has 0 aliphatic rings. The molecule has 0 bridgehead atoms. The number of carbonyl (C=O) groups is 1. The fourth-order valence-corrected chi connectivity index (χ4v) is 1.84. The lowest BCUT2D eigenvalue weighted by Gasteiger charge is -2.23. The molecule has 17 heavy (non-hydrogen) atoms. The topological polar surface area (TPSA) is 37.3 Å². The van der Waals surface area contributed by atoms with Gasteiger partial charge in [-0.3, -0.25) is 4.79 Å². The van der Waals surface area contributed by atoms with E-state index in [0.29, 0.717) is 6.42 Å². The second kappa shape index (κ2) is 7.31.